The third kappa shape index (κ3) is 7.12. The first-order chi connectivity index (χ1) is 13.7. The number of carbonyl (C=O) groups excluding carboxylic acids is 2. The van der Waals surface area contributed by atoms with E-state index in [0.717, 1.165) is 0 Å². The Hall–Kier alpha value is -1.76. The molecule has 0 aromatic heterocycles. The molecule has 2 saturated heterocycles. The van der Waals surface area contributed by atoms with E-state index in [-0.39, 0.29) is 44.5 Å². The second-order valence-electron chi connectivity index (χ2n) is 9.62. The summed E-state index contributed by atoms with van der Waals surface area (Å²) < 4.78 is 11.3. The minimum atomic E-state index is -0.641. The van der Waals surface area contributed by atoms with Gasteiger partial charge in [-0.3, -0.25) is 14.5 Å². The highest BCUT2D eigenvalue weighted by Gasteiger charge is 2.47. The molecule has 2 fully saturated rings. The quantitative estimate of drug-likeness (QED) is 0.351. The largest absolute Gasteiger partial charge is 0.361 e. The number of carbonyl (C=O) groups is 2. The van der Waals surface area contributed by atoms with Crippen molar-refractivity contribution in [1.29, 1.82) is 0 Å². The van der Waals surface area contributed by atoms with E-state index in [9.17, 15) is 9.59 Å². The van der Waals surface area contributed by atoms with Crippen LogP contribution in [0.1, 0.15) is 90.5 Å². The first kappa shape index (κ1) is 32.4. The summed E-state index contributed by atoms with van der Waals surface area (Å²) in [5.74, 6) is 0.666. The molecule has 2 amide bonds. The molecule has 2 aliphatic heterocycles. The average molecular weight is 457 g/mol. The van der Waals surface area contributed by atoms with Crippen LogP contribution in [0.5, 0.6) is 0 Å². The van der Waals surface area contributed by atoms with Gasteiger partial charge in [0.15, 0.2) is 0 Å². The van der Waals surface area contributed by atoms with Crippen molar-refractivity contribution in [2.24, 2.45) is 11.8 Å². The van der Waals surface area contributed by atoms with Gasteiger partial charge in [0.25, 0.3) is 0 Å². The molecule has 0 saturated carbocycles. The molecule has 0 spiro atoms. The predicted molar refractivity (Wildman–Crippen MR) is 129 cm³/mol. The maximum Gasteiger partial charge on any atom is 0.353 e. The molecular weight excluding hydrogens is 408 g/mol. The molecule has 32 heavy (non-hydrogen) atoms. The maximum atomic E-state index is 12.1. The van der Waals surface area contributed by atoms with Crippen LogP contribution in [0.2, 0.25) is 0 Å². The Labute approximate surface area is 196 Å². The lowest BCUT2D eigenvalue weighted by Crippen LogP contribution is -2.51. The Balaban J connectivity index is 0. The SMILES string of the molecule is C.C.CC(=[N+]=[N-])C(=O)N1C(C(C)C)COC1(C)C.CCC(=O)N1C(C(C)C)COC1(C)C. The first-order valence-corrected chi connectivity index (χ1v) is 10.8. The summed E-state index contributed by atoms with van der Waals surface area (Å²) in [6.45, 7) is 20.5. The Morgan fingerprint density at radius 1 is 0.938 bits per heavy atom. The lowest BCUT2D eigenvalue weighted by atomic mass is 10.0. The van der Waals surface area contributed by atoms with Crippen molar-refractivity contribution in [3.05, 3.63) is 5.53 Å². The molecule has 0 N–H and O–H groups in total. The molecule has 2 atom stereocenters. The lowest BCUT2D eigenvalue weighted by molar-refractivity contribution is -0.146. The van der Waals surface area contributed by atoms with Gasteiger partial charge in [0, 0.05) is 13.3 Å². The zero-order chi connectivity index (χ0) is 23.4. The normalized spacial score (nSPS) is 23.0. The van der Waals surface area contributed by atoms with Gasteiger partial charge in [-0.25, -0.2) is 0 Å². The Bertz CT molecular complexity index is 681. The van der Waals surface area contributed by atoms with E-state index in [1.165, 1.54) is 6.92 Å². The van der Waals surface area contributed by atoms with E-state index in [4.69, 9.17) is 15.0 Å². The van der Waals surface area contributed by atoms with Crippen LogP contribution in [-0.4, -0.2) is 68.9 Å². The second kappa shape index (κ2) is 12.5. The molecule has 0 radical (unpaired) electrons. The molecule has 2 unspecified atom stereocenters. The fourth-order valence-electron chi connectivity index (χ4n) is 3.91. The molecule has 2 heterocycles. The van der Waals surface area contributed by atoms with Gasteiger partial charge in [-0.15, -0.1) is 0 Å². The van der Waals surface area contributed by atoms with Gasteiger partial charge in [0.1, 0.15) is 11.4 Å². The summed E-state index contributed by atoms with van der Waals surface area (Å²) >= 11 is 0. The van der Waals surface area contributed by atoms with Gasteiger partial charge >= 0.3 is 11.6 Å². The monoisotopic (exact) mass is 456 g/mol. The van der Waals surface area contributed by atoms with Gasteiger partial charge < -0.3 is 19.9 Å². The summed E-state index contributed by atoms with van der Waals surface area (Å²) in [7, 11) is 0. The van der Waals surface area contributed by atoms with Gasteiger partial charge in [0.05, 0.1) is 25.3 Å². The number of hydrogen-bond acceptors (Lipinski definition) is 4. The van der Waals surface area contributed by atoms with Gasteiger partial charge in [0.2, 0.25) is 5.91 Å². The third-order valence-corrected chi connectivity index (χ3v) is 5.83. The van der Waals surface area contributed by atoms with E-state index < -0.39 is 11.4 Å². The van der Waals surface area contributed by atoms with Crippen molar-refractivity contribution in [2.45, 2.75) is 114 Å². The highest BCUT2D eigenvalue weighted by atomic mass is 16.5. The molecule has 0 aliphatic carbocycles. The number of ether oxygens (including phenoxy) is 2. The molecule has 188 valence electrons. The first-order valence-electron chi connectivity index (χ1n) is 10.8. The smallest absolute Gasteiger partial charge is 0.353 e. The minimum Gasteiger partial charge on any atom is -0.361 e. The van der Waals surface area contributed by atoms with Crippen molar-refractivity contribution in [3.8, 4) is 0 Å². The van der Waals surface area contributed by atoms with E-state index in [1.54, 1.807) is 4.90 Å². The molecule has 0 aromatic carbocycles. The number of amides is 2. The average Bonchev–Trinajstić information content (AvgIpc) is 3.15. The van der Waals surface area contributed by atoms with Crippen molar-refractivity contribution < 1.29 is 23.9 Å². The van der Waals surface area contributed by atoms with Crippen LogP contribution in [0.3, 0.4) is 0 Å². The minimum absolute atomic E-state index is 0. The molecule has 8 nitrogen and oxygen atoms in total. The fraction of sp³-hybridized carbons (Fsp3) is 0.875. The summed E-state index contributed by atoms with van der Waals surface area (Å²) in [6.07, 6.45) is 0.552. The van der Waals surface area contributed by atoms with Crippen LogP contribution >= 0.6 is 0 Å². The standard InChI is InChI=1S/C11H19N3O2.C11H21NO2.2CH4/c1-7(2)9-6-16-11(4,5)14(9)10(15)8(3)13-12;1-6-10(13)12-9(8(2)3)7-14-11(12,4)5;;/h7,9H,6H2,1-5H3;8-9H,6-7H2,1-5H3;2*1H4. The fourth-order valence-corrected chi connectivity index (χ4v) is 3.91. The van der Waals surface area contributed by atoms with Crippen molar-refractivity contribution >= 4 is 17.5 Å². The summed E-state index contributed by atoms with van der Waals surface area (Å²) in [6, 6.07) is 0.261. The molecular formula is C24H48N4O4. The van der Waals surface area contributed by atoms with Gasteiger partial charge in [-0.1, -0.05) is 49.5 Å². The topological polar surface area (TPSA) is 95.5 Å². The van der Waals surface area contributed by atoms with Crippen LogP contribution in [0.25, 0.3) is 5.53 Å². The number of hydrogen-bond donors (Lipinski definition) is 0. The predicted octanol–water partition coefficient (Wildman–Crippen LogP) is 4.58. The zero-order valence-corrected chi connectivity index (χ0v) is 20.4. The molecule has 2 rings (SSSR count). The van der Waals surface area contributed by atoms with Crippen molar-refractivity contribution in [1.82, 2.24) is 9.80 Å². The zero-order valence-electron chi connectivity index (χ0n) is 20.4. The van der Waals surface area contributed by atoms with Gasteiger partial charge in [-0.05, 0) is 39.5 Å². The van der Waals surface area contributed by atoms with E-state index in [1.807, 2.05) is 53.4 Å². The number of rotatable bonds is 4. The summed E-state index contributed by atoms with van der Waals surface area (Å²) in [5.41, 5.74) is 7.68. The Morgan fingerprint density at radius 2 is 1.31 bits per heavy atom. The maximum absolute atomic E-state index is 12.1. The third-order valence-electron chi connectivity index (χ3n) is 5.83. The molecule has 2 aliphatic rings. The van der Waals surface area contributed by atoms with E-state index >= 15 is 0 Å². The van der Waals surface area contributed by atoms with Crippen LogP contribution in [0.15, 0.2) is 0 Å². The highest BCUT2D eigenvalue weighted by Crippen LogP contribution is 2.32. The summed E-state index contributed by atoms with van der Waals surface area (Å²) in [4.78, 5) is 30.4. The van der Waals surface area contributed by atoms with E-state index in [0.29, 0.717) is 31.5 Å². The van der Waals surface area contributed by atoms with Crippen molar-refractivity contribution in [2.75, 3.05) is 13.2 Å². The highest BCUT2D eigenvalue weighted by molar-refractivity contribution is 6.35. The van der Waals surface area contributed by atoms with Gasteiger partial charge in [-0.2, -0.15) is 4.79 Å². The van der Waals surface area contributed by atoms with Crippen LogP contribution < -0.4 is 0 Å². The number of nitrogens with zero attached hydrogens (tertiary/aromatic N) is 4. The lowest BCUT2D eigenvalue weighted by Gasteiger charge is -2.35. The van der Waals surface area contributed by atoms with E-state index in [2.05, 4.69) is 18.6 Å². The van der Waals surface area contributed by atoms with Crippen LogP contribution in [0, 0.1) is 11.8 Å². The Morgan fingerprint density at radius 3 is 1.66 bits per heavy atom. The summed E-state index contributed by atoms with van der Waals surface area (Å²) in [5, 5.41) is 0. The van der Waals surface area contributed by atoms with Crippen LogP contribution in [0.4, 0.5) is 0 Å². The molecule has 0 bridgehead atoms. The molecule has 8 heteroatoms. The molecule has 0 aromatic rings. The van der Waals surface area contributed by atoms with Crippen LogP contribution in [-0.2, 0) is 19.1 Å². The van der Waals surface area contributed by atoms with Crippen molar-refractivity contribution in [3.63, 3.8) is 0 Å². The second-order valence-corrected chi connectivity index (χ2v) is 9.62. The Kier molecular flexibility index (Phi) is 12.6.